The summed E-state index contributed by atoms with van der Waals surface area (Å²) >= 11 is 0. The topological polar surface area (TPSA) is 13.0 Å². The zero-order valence-electron chi connectivity index (χ0n) is 23.0. The Morgan fingerprint density at radius 2 is 1.14 bits per heavy atom. The van der Waals surface area contributed by atoms with Crippen LogP contribution in [0, 0.1) is 0 Å². The first-order chi connectivity index (χ1) is 17.1. The Bertz CT molecular complexity index is 1350. The molecule has 0 N–H and O–H groups in total. The Kier molecular flexibility index (Phi) is 6.07. The Morgan fingerprint density at radius 3 is 1.81 bits per heavy atom. The van der Waals surface area contributed by atoms with Crippen LogP contribution in [0.1, 0.15) is 12.8 Å². The lowest BCUT2D eigenvalue weighted by atomic mass is 10.0. The van der Waals surface area contributed by atoms with Crippen LogP contribution >= 0.6 is 0 Å². The molecule has 0 spiro atoms. The van der Waals surface area contributed by atoms with E-state index in [4.69, 9.17) is 0 Å². The van der Waals surface area contributed by atoms with Crippen LogP contribution < -0.4 is 0 Å². The van der Waals surface area contributed by atoms with Gasteiger partial charge in [-0.2, -0.15) is 0 Å². The summed E-state index contributed by atoms with van der Waals surface area (Å²) in [5.74, 6) is 0. The average molecular weight is 479 g/mol. The molecule has 4 nitrogen and oxygen atoms in total. The van der Waals surface area contributed by atoms with E-state index < -0.39 is 0 Å². The molecule has 36 heavy (non-hydrogen) atoms. The van der Waals surface area contributed by atoms with Gasteiger partial charge in [-0.05, 0) is 81.0 Å². The molecule has 4 heteroatoms. The molecule has 0 amide bonds. The number of likely N-dealkylation sites (N-methyl/N-ethyl adjacent to an activating group) is 4. The van der Waals surface area contributed by atoms with Gasteiger partial charge in [-0.25, -0.2) is 0 Å². The molecule has 0 heterocycles. The van der Waals surface area contributed by atoms with E-state index in [1.807, 2.05) is 0 Å². The summed E-state index contributed by atoms with van der Waals surface area (Å²) in [7, 11) is 17.1. The number of rotatable bonds is 4. The molecule has 5 aliphatic rings. The molecule has 0 saturated carbocycles. The minimum Gasteiger partial charge on any atom is -0.377 e. The first kappa shape index (κ1) is 24.1. The minimum absolute atomic E-state index is 0.940. The van der Waals surface area contributed by atoms with Gasteiger partial charge in [-0.3, -0.25) is 0 Å². The van der Waals surface area contributed by atoms with Gasteiger partial charge in [0.25, 0.3) is 0 Å². The second-order valence-electron chi connectivity index (χ2n) is 10.9. The number of hydrogen-bond donors (Lipinski definition) is 0. The van der Waals surface area contributed by atoms with Crippen molar-refractivity contribution in [2.75, 3.05) is 56.4 Å². The summed E-state index contributed by atoms with van der Waals surface area (Å²) in [5.41, 5.74) is 15.7. The molecule has 5 rings (SSSR count). The van der Waals surface area contributed by atoms with Crippen molar-refractivity contribution in [1.29, 1.82) is 0 Å². The third-order valence-corrected chi connectivity index (χ3v) is 7.44. The Balaban J connectivity index is 1.71. The van der Waals surface area contributed by atoms with Gasteiger partial charge in [0, 0.05) is 92.0 Å². The van der Waals surface area contributed by atoms with Crippen molar-refractivity contribution in [2.45, 2.75) is 12.8 Å². The molecule has 0 aliphatic heterocycles. The molecular formula is C32H38N4. The van der Waals surface area contributed by atoms with E-state index >= 15 is 0 Å². The maximum atomic E-state index is 2.36. The number of allylic oxidation sites excluding steroid dienone is 16. The van der Waals surface area contributed by atoms with E-state index in [1.165, 1.54) is 67.4 Å². The number of hydrogen-bond acceptors (Lipinski definition) is 4. The van der Waals surface area contributed by atoms with Crippen molar-refractivity contribution in [3.8, 4) is 0 Å². The SMILES string of the molecule is CN(C)C1=CC2=CC1=CC=C1CC(=C3C=C(C=CC4=C(N(C)C)C=C2C4)C(N(C)C)=C3)C=C1N(C)C. The van der Waals surface area contributed by atoms with E-state index in [1.54, 1.807) is 0 Å². The second-order valence-corrected chi connectivity index (χ2v) is 10.9. The fourth-order valence-corrected chi connectivity index (χ4v) is 5.52. The van der Waals surface area contributed by atoms with E-state index in [9.17, 15) is 0 Å². The summed E-state index contributed by atoms with van der Waals surface area (Å²) in [6, 6.07) is 0. The molecule has 0 aromatic rings. The molecular weight excluding hydrogens is 440 g/mol. The van der Waals surface area contributed by atoms with Crippen molar-refractivity contribution in [3.63, 3.8) is 0 Å². The first-order valence-electron chi connectivity index (χ1n) is 12.7. The maximum absolute atomic E-state index is 2.36. The third kappa shape index (κ3) is 4.26. The summed E-state index contributed by atoms with van der Waals surface area (Å²) in [5, 5.41) is 0. The van der Waals surface area contributed by atoms with Crippen LogP contribution in [0.4, 0.5) is 0 Å². The lowest BCUT2D eigenvalue weighted by Crippen LogP contribution is -2.11. The zero-order valence-corrected chi connectivity index (χ0v) is 23.0. The predicted octanol–water partition coefficient (Wildman–Crippen LogP) is 5.47. The molecule has 0 aromatic carbocycles. The van der Waals surface area contributed by atoms with Gasteiger partial charge in [0.15, 0.2) is 0 Å². The Hall–Kier alpha value is -3.66. The van der Waals surface area contributed by atoms with Crippen LogP contribution in [0.25, 0.3) is 0 Å². The van der Waals surface area contributed by atoms with Crippen molar-refractivity contribution in [1.82, 2.24) is 19.6 Å². The zero-order chi connectivity index (χ0) is 25.7. The van der Waals surface area contributed by atoms with E-state index in [-0.39, 0.29) is 0 Å². The molecule has 0 aromatic heterocycles. The van der Waals surface area contributed by atoms with Crippen molar-refractivity contribution in [3.05, 3.63) is 128 Å². The summed E-state index contributed by atoms with van der Waals surface area (Å²) in [6.45, 7) is 0. The third-order valence-electron chi connectivity index (χ3n) is 7.44. The van der Waals surface area contributed by atoms with Crippen molar-refractivity contribution >= 4 is 0 Å². The summed E-state index contributed by atoms with van der Waals surface area (Å²) in [6.07, 6.45) is 25.3. The van der Waals surface area contributed by atoms with Gasteiger partial charge in [0.2, 0.25) is 0 Å². The molecule has 5 aliphatic carbocycles. The molecule has 0 atom stereocenters. The normalized spacial score (nSPS) is 20.4. The van der Waals surface area contributed by atoms with Crippen LogP contribution in [0.2, 0.25) is 0 Å². The standard InChI is InChI=1S/C32H38N4/c1-33(2)29-17-25-13-21(29)9-10-22-15-27(19-31(22)35(5)6)28-16-24(32(20-28)36(7)8)12-11-23-14-26(25)18-30(23)34(3)4/h9-13,16-20H,14-15H2,1-8H3. The van der Waals surface area contributed by atoms with Crippen LogP contribution in [0.3, 0.4) is 0 Å². The van der Waals surface area contributed by atoms with E-state index in [2.05, 4.69) is 137 Å². The molecule has 0 saturated heterocycles. The Morgan fingerprint density at radius 1 is 0.472 bits per heavy atom. The summed E-state index contributed by atoms with van der Waals surface area (Å²) < 4.78 is 0. The van der Waals surface area contributed by atoms with E-state index in [0.717, 1.165) is 12.8 Å². The molecule has 0 radical (unpaired) electrons. The highest BCUT2D eigenvalue weighted by Crippen LogP contribution is 2.40. The van der Waals surface area contributed by atoms with Gasteiger partial charge in [0.1, 0.15) is 0 Å². The second kappa shape index (κ2) is 9.09. The van der Waals surface area contributed by atoms with Crippen LogP contribution in [0.5, 0.6) is 0 Å². The Labute approximate surface area is 216 Å². The fourth-order valence-electron chi connectivity index (χ4n) is 5.52. The van der Waals surface area contributed by atoms with Gasteiger partial charge < -0.3 is 19.6 Å². The van der Waals surface area contributed by atoms with Crippen LogP contribution in [-0.4, -0.2) is 76.0 Å². The predicted molar refractivity (Wildman–Crippen MR) is 152 cm³/mol. The van der Waals surface area contributed by atoms with Crippen molar-refractivity contribution < 1.29 is 0 Å². The molecule has 8 bridgehead atoms. The van der Waals surface area contributed by atoms with Crippen LogP contribution in [-0.2, 0) is 0 Å². The quantitative estimate of drug-likeness (QED) is 0.531. The fraction of sp³-hybridized carbons (Fsp3) is 0.312. The van der Waals surface area contributed by atoms with Gasteiger partial charge in [-0.15, -0.1) is 0 Å². The largest absolute Gasteiger partial charge is 0.377 e. The highest BCUT2D eigenvalue weighted by atomic mass is 15.1. The highest BCUT2D eigenvalue weighted by Gasteiger charge is 2.25. The average Bonchev–Trinajstić information content (AvgIpc) is 3.58. The number of nitrogens with zero attached hydrogens (tertiary/aromatic N) is 4. The van der Waals surface area contributed by atoms with Gasteiger partial charge in [0.05, 0.1) is 0 Å². The molecule has 0 fully saturated rings. The van der Waals surface area contributed by atoms with E-state index in [0.29, 0.717) is 0 Å². The maximum Gasteiger partial charge on any atom is 0.0440 e. The lowest BCUT2D eigenvalue weighted by Gasteiger charge is -2.16. The minimum atomic E-state index is 0.940. The van der Waals surface area contributed by atoms with Crippen molar-refractivity contribution in [2.24, 2.45) is 0 Å². The van der Waals surface area contributed by atoms with Gasteiger partial charge in [-0.1, -0.05) is 24.3 Å². The monoisotopic (exact) mass is 478 g/mol. The molecule has 186 valence electrons. The lowest BCUT2D eigenvalue weighted by molar-refractivity contribution is 0.523. The smallest absolute Gasteiger partial charge is 0.0440 e. The highest BCUT2D eigenvalue weighted by molar-refractivity contribution is 5.66. The van der Waals surface area contributed by atoms with Crippen LogP contribution in [0.15, 0.2) is 128 Å². The number of fused-ring (bicyclic) bond motifs is 7. The van der Waals surface area contributed by atoms with Gasteiger partial charge >= 0.3 is 0 Å². The molecule has 0 unspecified atom stereocenters. The first-order valence-corrected chi connectivity index (χ1v) is 12.7. The summed E-state index contributed by atoms with van der Waals surface area (Å²) in [4.78, 5) is 8.92.